The van der Waals surface area contributed by atoms with Crippen molar-refractivity contribution in [1.82, 2.24) is 0 Å². The predicted molar refractivity (Wildman–Crippen MR) is 120 cm³/mol. The Morgan fingerprint density at radius 3 is 2.66 bits per heavy atom. The summed E-state index contributed by atoms with van der Waals surface area (Å²) in [6.45, 7) is 0.583. The number of anilines is 1. The molecule has 0 spiro atoms. The van der Waals surface area contributed by atoms with Crippen LogP contribution in [0.5, 0.6) is 0 Å². The molecule has 2 heterocycles. The van der Waals surface area contributed by atoms with Gasteiger partial charge in [-0.05, 0) is 52.2 Å². The molecule has 1 aliphatic heterocycles. The van der Waals surface area contributed by atoms with Gasteiger partial charge >= 0.3 is 0 Å². The topological polar surface area (TPSA) is 58.5 Å². The highest BCUT2D eigenvalue weighted by Crippen LogP contribution is 2.43. The first-order valence-electron chi connectivity index (χ1n) is 8.36. The van der Waals surface area contributed by atoms with Gasteiger partial charge in [0, 0.05) is 23.4 Å². The molecule has 0 atom stereocenters. The molecule has 29 heavy (non-hydrogen) atoms. The molecular weight excluding hydrogens is 522 g/mol. The van der Waals surface area contributed by atoms with Crippen LogP contribution < -0.4 is 4.72 Å². The Labute approximate surface area is 189 Å². The molecule has 1 N–H and O–H groups in total. The number of rotatable bonds is 4. The number of halogens is 4. The molecule has 1 aliphatic rings. The fourth-order valence-electron chi connectivity index (χ4n) is 3.11. The summed E-state index contributed by atoms with van der Waals surface area (Å²) in [4.78, 5) is 4.43. The van der Waals surface area contributed by atoms with E-state index in [2.05, 4.69) is 25.6 Å². The summed E-state index contributed by atoms with van der Waals surface area (Å²) in [6, 6.07) is 11.4. The van der Waals surface area contributed by atoms with Gasteiger partial charge < -0.3 is 0 Å². The number of fused-ring (bicyclic) bond motifs is 1. The van der Waals surface area contributed by atoms with Crippen LogP contribution in [-0.2, 0) is 16.4 Å². The average Bonchev–Trinajstić information content (AvgIpc) is 2.93. The van der Waals surface area contributed by atoms with Crippen LogP contribution in [-0.4, -0.2) is 20.7 Å². The first-order chi connectivity index (χ1) is 13.8. The maximum atomic E-state index is 13.8. The molecule has 4 rings (SSSR count). The summed E-state index contributed by atoms with van der Waals surface area (Å²) < 4.78 is 42.5. The second kappa shape index (κ2) is 8.00. The van der Waals surface area contributed by atoms with Crippen molar-refractivity contribution in [2.45, 2.75) is 11.3 Å². The second-order valence-corrected chi connectivity index (χ2v) is 10.9. The molecule has 0 radical (unpaired) electrons. The van der Waals surface area contributed by atoms with Crippen molar-refractivity contribution in [2.24, 2.45) is 4.99 Å². The van der Waals surface area contributed by atoms with Gasteiger partial charge in [-0.3, -0.25) is 9.71 Å². The van der Waals surface area contributed by atoms with Crippen LogP contribution in [0.15, 0.2) is 56.8 Å². The minimum atomic E-state index is -3.97. The van der Waals surface area contributed by atoms with Gasteiger partial charge in [0.2, 0.25) is 0 Å². The maximum Gasteiger partial charge on any atom is 0.265 e. The van der Waals surface area contributed by atoms with Crippen LogP contribution in [0.3, 0.4) is 0 Å². The third-order valence-electron chi connectivity index (χ3n) is 4.36. The molecule has 0 saturated heterocycles. The summed E-state index contributed by atoms with van der Waals surface area (Å²) in [5.74, 6) is -0.343. The quantitative estimate of drug-likeness (QED) is 0.437. The highest BCUT2D eigenvalue weighted by atomic mass is 79.9. The van der Waals surface area contributed by atoms with Crippen molar-refractivity contribution in [3.63, 3.8) is 0 Å². The van der Waals surface area contributed by atoms with Crippen LogP contribution in [0.25, 0.3) is 0 Å². The highest BCUT2D eigenvalue weighted by molar-refractivity contribution is 9.10. The minimum absolute atomic E-state index is 0.0617. The zero-order chi connectivity index (χ0) is 20.8. The molecule has 0 amide bonds. The van der Waals surface area contributed by atoms with Gasteiger partial charge in [0.25, 0.3) is 10.0 Å². The number of nitrogens with one attached hydrogen (secondary N) is 1. The second-order valence-electron chi connectivity index (χ2n) is 6.26. The lowest BCUT2D eigenvalue weighted by atomic mass is 9.93. The van der Waals surface area contributed by atoms with E-state index in [0.29, 0.717) is 29.1 Å². The van der Waals surface area contributed by atoms with E-state index in [9.17, 15) is 12.8 Å². The highest BCUT2D eigenvalue weighted by Gasteiger charge is 2.26. The van der Waals surface area contributed by atoms with E-state index in [1.807, 2.05) is 0 Å². The van der Waals surface area contributed by atoms with E-state index in [1.165, 1.54) is 12.1 Å². The molecule has 0 fully saturated rings. The van der Waals surface area contributed by atoms with Gasteiger partial charge in [-0.15, -0.1) is 11.3 Å². The molecule has 0 saturated carbocycles. The fourth-order valence-corrected chi connectivity index (χ4v) is 7.72. The van der Waals surface area contributed by atoms with E-state index in [0.717, 1.165) is 23.3 Å². The largest absolute Gasteiger partial charge is 0.284 e. The number of hydrogen-bond acceptors (Lipinski definition) is 4. The summed E-state index contributed by atoms with van der Waals surface area (Å²) >= 11 is 16.2. The summed E-state index contributed by atoms with van der Waals surface area (Å²) in [5.41, 5.74) is 3.37. The van der Waals surface area contributed by atoms with Crippen LogP contribution in [0.4, 0.5) is 10.1 Å². The van der Waals surface area contributed by atoms with Crippen LogP contribution in [0.1, 0.15) is 16.7 Å². The lowest BCUT2D eigenvalue weighted by Gasteiger charge is -2.18. The number of nitrogens with zero attached hydrogens (tertiary/aromatic N) is 1. The Bertz CT molecular complexity index is 1260. The van der Waals surface area contributed by atoms with Crippen LogP contribution >= 0.6 is 50.5 Å². The van der Waals surface area contributed by atoms with Gasteiger partial charge in [0.05, 0.1) is 10.2 Å². The molecule has 1 aromatic heterocycles. The number of hydrogen-bond donors (Lipinski definition) is 1. The third kappa shape index (κ3) is 4.09. The van der Waals surface area contributed by atoms with Gasteiger partial charge in [-0.2, -0.15) is 0 Å². The van der Waals surface area contributed by atoms with Gasteiger partial charge in [-0.1, -0.05) is 41.4 Å². The zero-order valence-electron chi connectivity index (χ0n) is 14.5. The normalized spacial score (nSPS) is 13.7. The Balaban J connectivity index is 1.71. The number of benzene rings is 2. The number of sulfonamides is 1. The van der Waals surface area contributed by atoms with E-state index in [4.69, 9.17) is 23.2 Å². The number of thiophene rings is 1. The SMILES string of the molecule is O=S(=O)(Nc1cccc(C2=NCCc3ccc(F)cc32)c1)c1c(Cl)sc(Cl)c1Br. The van der Waals surface area contributed by atoms with E-state index in [-0.39, 0.29) is 23.9 Å². The third-order valence-corrected chi connectivity index (χ3v) is 9.21. The lowest BCUT2D eigenvalue weighted by Crippen LogP contribution is -2.16. The molecule has 0 unspecified atom stereocenters. The molecule has 10 heteroatoms. The minimum Gasteiger partial charge on any atom is -0.284 e. The Morgan fingerprint density at radius 1 is 1.14 bits per heavy atom. The Hall–Kier alpha value is -1.45. The summed E-state index contributed by atoms with van der Waals surface area (Å²) in [6.07, 6.45) is 0.733. The van der Waals surface area contributed by atoms with Gasteiger partial charge in [-0.25, -0.2) is 12.8 Å². The number of aliphatic imine (C=N–C) groups is 1. The van der Waals surface area contributed by atoms with E-state index >= 15 is 0 Å². The van der Waals surface area contributed by atoms with E-state index < -0.39 is 10.0 Å². The van der Waals surface area contributed by atoms with E-state index in [1.54, 1.807) is 30.3 Å². The molecule has 4 nitrogen and oxygen atoms in total. The molecule has 0 bridgehead atoms. The summed E-state index contributed by atoms with van der Waals surface area (Å²) in [7, 11) is -3.97. The van der Waals surface area contributed by atoms with Crippen molar-refractivity contribution in [3.8, 4) is 0 Å². The first kappa shape index (κ1) is 20.8. The smallest absolute Gasteiger partial charge is 0.265 e. The van der Waals surface area contributed by atoms with Crippen molar-refractivity contribution in [2.75, 3.05) is 11.3 Å². The van der Waals surface area contributed by atoms with Crippen molar-refractivity contribution < 1.29 is 12.8 Å². The van der Waals surface area contributed by atoms with Crippen molar-refractivity contribution in [3.05, 3.63) is 78.1 Å². The molecule has 2 aromatic carbocycles. The molecule has 150 valence electrons. The molecule has 0 aliphatic carbocycles. The molecular formula is C19H12BrCl2FN2O2S2. The van der Waals surface area contributed by atoms with Crippen molar-refractivity contribution in [1.29, 1.82) is 0 Å². The summed E-state index contributed by atoms with van der Waals surface area (Å²) in [5, 5.41) is 0. The Morgan fingerprint density at radius 2 is 1.93 bits per heavy atom. The predicted octanol–water partition coefficient (Wildman–Crippen LogP) is 6.15. The molecule has 3 aromatic rings. The maximum absolute atomic E-state index is 13.8. The van der Waals surface area contributed by atoms with Gasteiger partial charge in [0.1, 0.15) is 19.4 Å². The zero-order valence-corrected chi connectivity index (χ0v) is 19.3. The van der Waals surface area contributed by atoms with Crippen molar-refractivity contribution >= 4 is 71.9 Å². The monoisotopic (exact) mass is 532 g/mol. The first-order valence-corrected chi connectivity index (χ1v) is 12.2. The fraction of sp³-hybridized carbons (Fsp3) is 0.105. The Kier molecular flexibility index (Phi) is 5.74. The average molecular weight is 534 g/mol. The van der Waals surface area contributed by atoms with Crippen LogP contribution in [0.2, 0.25) is 8.67 Å². The standard InChI is InChI=1S/C19H12BrCl2FN2O2S2/c20-15-17(19(22)28-18(15)21)29(26,27)25-13-3-1-2-11(8-13)16-14-9-12(23)5-4-10(14)6-7-24-16/h1-5,8-9,25H,6-7H2. The lowest BCUT2D eigenvalue weighted by molar-refractivity contribution is 0.601. The van der Waals surface area contributed by atoms with Crippen LogP contribution in [0, 0.1) is 5.82 Å². The van der Waals surface area contributed by atoms with Gasteiger partial charge in [0.15, 0.2) is 0 Å².